The SMILES string of the molecule is c1ccc(-c2nc(-c3cc4c5c(c3)N(c3ccccc3)c3c(cc6c7cccc8cccc(c9cccc3c96)c87)B5c3cc5c6cccc7cccc(c8cccc(c3N4c3ccccc3)c85)c76)c3ccccc3n2)cc1. The van der Waals surface area contributed by atoms with Crippen LogP contribution in [0.3, 0.4) is 0 Å². The van der Waals surface area contributed by atoms with Crippen molar-refractivity contribution in [2.24, 2.45) is 0 Å². The van der Waals surface area contributed by atoms with Crippen LogP contribution < -0.4 is 26.2 Å². The summed E-state index contributed by atoms with van der Waals surface area (Å²) in [5, 5.41) is 21.4. The summed E-state index contributed by atoms with van der Waals surface area (Å²) >= 11 is 0. The van der Waals surface area contributed by atoms with Gasteiger partial charge in [0.2, 0.25) is 0 Å². The molecule has 0 fully saturated rings. The summed E-state index contributed by atoms with van der Waals surface area (Å²) in [6, 6.07) is 92.5. The van der Waals surface area contributed by atoms with E-state index in [0.29, 0.717) is 5.82 Å². The molecule has 0 bridgehead atoms. The molecule has 15 aromatic carbocycles. The first-order valence-corrected chi connectivity index (χ1v) is 26.7. The Bertz CT molecular complexity index is 4900. The number of hydrogen-bond donors (Lipinski definition) is 0. The highest BCUT2D eigenvalue weighted by Gasteiger charge is 2.46. The number of para-hydroxylation sites is 3. The number of fused-ring (bicyclic) bond motifs is 11. The Morgan fingerprint density at radius 2 is 0.701 bits per heavy atom. The van der Waals surface area contributed by atoms with Crippen molar-refractivity contribution < 1.29 is 0 Å². The fraction of sp³-hybridized carbons (Fsp3) is 0. The third kappa shape index (κ3) is 5.52. The summed E-state index contributed by atoms with van der Waals surface area (Å²) in [7, 11) is 0. The van der Waals surface area contributed by atoms with E-state index in [-0.39, 0.29) is 6.71 Å². The van der Waals surface area contributed by atoms with Gasteiger partial charge in [0.05, 0.1) is 11.2 Å². The smallest absolute Gasteiger partial charge is 0.252 e. The average Bonchev–Trinajstić information content (AvgIpc) is 3.51. The minimum Gasteiger partial charge on any atom is -0.311 e. The van der Waals surface area contributed by atoms with Crippen LogP contribution in [0.25, 0.3) is 120 Å². The zero-order valence-corrected chi connectivity index (χ0v) is 41.5. The van der Waals surface area contributed by atoms with Gasteiger partial charge in [0, 0.05) is 61.4 Å². The van der Waals surface area contributed by atoms with Gasteiger partial charge in [0.25, 0.3) is 6.71 Å². The van der Waals surface area contributed by atoms with Crippen LogP contribution in [-0.4, -0.2) is 16.7 Å². The summed E-state index contributed by atoms with van der Waals surface area (Å²) in [6.07, 6.45) is 0. The van der Waals surface area contributed by atoms with E-state index >= 15 is 0 Å². The van der Waals surface area contributed by atoms with Crippen LogP contribution in [0.4, 0.5) is 34.1 Å². The molecule has 4 nitrogen and oxygen atoms in total. The van der Waals surface area contributed by atoms with E-state index in [0.717, 1.165) is 50.5 Å². The maximum absolute atomic E-state index is 5.60. The lowest BCUT2D eigenvalue weighted by atomic mass is 9.33. The van der Waals surface area contributed by atoms with Crippen molar-refractivity contribution in [3.05, 3.63) is 249 Å². The molecule has 1 aromatic heterocycles. The Kier molecular flexibility index (Phi) is 8.18. The third-order valence-corrected chi connectivity index (χ3v) is 17.2. The molecule has 18 rings (SSSR count). The summed E-state index contributed by atoms with van der Waals surface area (Å²) in [5.41, 5.74) is 14.5. The molecule has 352 valence electrons. The molecule has 0 saturated carbocycles. The molecule has 0 radical (unpaired) electrons. The zero-order chi connectivity index (χ0) is 50.0. The predicted octanol–water partition coefficient (Wildman–Crippen LogP) is 17.1. The highest BCUT2D eigenvalue weighted by Crippen LogP contribution is 2.53. The van der Waals surface area contributed by atoms with Crippen LogP contribution in [-0.2, 0) is 0 Å². The first-order chi connectivity index (χ1) is 38.2. The quantitative estimate of drug-likeness (QED) is 0.0999. The molecule has 0 aliphatic carbocycles. The Morgan fingerprint density at radius 1 is 0.299 bits per heavy atom. The second-order valence-electron chi connectivity index (χ2n) is 21.1. The van der Waals surface area contributed by atoms with Gasteiger partial charge in [-0.15, -0.1) is 0 Å². The molecule has 2 aliphatic rings. The normalized spacial score (nSPS) is 13.1. The molecule has 0 N–H and O–H groups in total. The van der Waals surface area contributed by atoms with Crippen molar-refractivity contribution >= 4 is 154 Å². The highest BCUT2D eigenvalue weighted by molar-refractivity contribution is 7.01. The highest BCUT2D eigenvalue weighted by atomic mass is 15.2. The molecule has 3 heterocycles. The van der Waals surface area contributed by atoms with Gasteiger partial charge < -0.3 is 9.80 Å². The maximum Gasteiger partial charge on any atom is 0.252 e. The minimum absolute atomic E-state index is 0.178. The minimum atomic E-state index is -0.178. The van der Waals surface area contributed by atoms with Gasteiger partial charge in [-0.1, -0.05) is 206 Å². The molecule has 0 atom stereocenters. The second-order valence-corrected chi connectivity index (χ2v) is 21.1. The Hall–Kier alpha value is -10.1. The van der Waals surface area contributed by atoms with Crippen LogP contribution in [0.5, 0.6) is 0 Å². The van der Waals surface area contributed by atoms with Crippen molar-refractivity contribution in [2.75, 3.05) is 9.80 Å². The summed E-state index contributed by atoms with van der Waals surface area (Å²) in [5.74, 6) is 0.700. The monoisotopic (exact) mass is 972 g/mol. The lowest BCUT2D eigenvalue weighted by Gasteiger charge is -2.45. The number of hydrogen-bond acceptors (Lipinski definition) is 4. The van der Waals surface area contributed by atoms with Gasteiger partial charge in [-0.3, -0.25) is 0 Å². The topological polar surface area (TPSA) is 32.3 Å². The molecule has 2 aliphatic heterocycles. The first kappa shape index (κ1) is 41.3. The fourth-order valence-corrected chi connectivity index (χ4v) is 14.2. The molecule has 0 spiro atoms. The molecule has 0 saturated heterocycles. The van der Waals surface area contributed by atoms with Crippen LogP contribution in [0, 0.1) is 0 Å². The number of benzene rings is 15. The molecule has 77 heavy (non-hydrogen) atoms. The molecular weight excluding hydrogens is 932 g/mol. The van der Waals surface area contributed by atoms with Crippen molar-refractivity contribution in [1.82, 2.24) is 9.97 Å². The number of anilines is 6. The van der Waals surface area contributed by atoms with Crippen LogP contribution in [0.2, 0.25) is 0 Å². The van der Waals surface area contributed by atoms with E-state index in [1.54, 1.807) is 0 Å². The van der Waals surface area contributed by atoms with Crippen molar-refractivity contribution in [2.45, 2.75) is 0 Å². The van der Waals surface area contributed by atoms with Crippen molar-refractivity contribution in [3.8, 4) is 22.6 Å². The van der Waals surface area contributed by atoms with Gasteiger partial charge in [0.1, 0.15) is 0 Å². The lowest BCUT2D eigenvalue weighted by Crippen LogP contribution is -2.61. The van der Waals surface area contributed by atoms with Gasteiger partial charge in [-0.25, -0.2) is 9.97 Å². The lowest BCUT2D eigenvalue weighted by molar-refractivity contribution is 1.22. The summed E-state index contributed by atoms with van der Waals surface area (Å²) < 4.78 is 0. The maximum atomic E-state index is 5.60. The van der Waals surface area contributed by atoms with Crippen LogP contribution in [0.15, 0.2) is 249 Å². The third-order valence-electron chi connectivity index (χ3n) is 17.2. The van der Waals surface area contributed by atoms with E-state index in [2.05, 4.69) is 259 Å². The first-order valence-electron chi connectivity index (χ1n) is 26.7. The molecular formula is C72H41BN4. The van der Waals surface area contributed by atoms with Crippen LogP contribution in [0.1, 0.15) is 0 Å². The van der Waals surface area contributed by atoms with Crippen molar-refractivity contribution in [3.63, 3.8) is 0 Å². The molecule has 5 heteroatoms. The zero-order valence-electron chi connectivity index (χ0n) is 41.5. The van der Waals surface area contributed by atoms with Gasteiger partial charge >= 0.3 is 0 Å². The van der Waals surface area contributed by atoms with Gasteiger partial charge in [-0.2, -0.15) is 0 Å². The fourth-order valence-electron chi connectivity index (χ4n) is 14.2. The molecule has 0 amide bonds. The number of nitrogens with zero attached hydrogens (tertiary/aromatic N) is 4. The van der Waals surface area contributed by atoms with E-state index in [1.165, 1.54) is 114 Å². The predicted molar refractivity (Wildman–Crippen MR) is 327 cm³/mol. The van der Waals surface area contributed by atoms with Gasteiger partial charge in [0.15, 0.2) is 5.82 Å². The van der Waals surface area contributed by atoms with E-state index in [9.17, 15) is 0 Å². The average molecular weight is 973 g/mol. The van der Waals surface area contributed by atoms with E-state index in [1.807, 2.05) is 0 Å². The van der Waals surface area contributed by atoms with E-state index < -0.39 is 0 Å². The van der Waals surface area contributed by atoms with Gasteiger partial charge in [-0.05, 0) is 134 Å². The summed E-state index contributed by atoms with van der Waals surface area (Å²) in [6.45, 7) is -0.178. The Morgan fingerprint density at radius 3 is 1.21 bits per heavy atom. The number of aromatic nitrogens is 2. The Balaban J connectivity index is 1.07. The van der Waals surface area contributed by atoms with Crippen molar-refractivity contribution in [1.29, 1.82) is 0 Å². The van der Waals surface area contributed by atoms with E-state index in [4.69, 9.17) is 9.97 Å². The number of rotatable bonds is 4. The molecule has 0 unspecified atom stereocenters. The second kappa shape index (κ2) is 15.3. The summed E-state index contributed by atoms with van der Waals surface area (Å²) in [4.78, 5) is 16.0. The van der Waals surface area contributed by atoms with Crippen LogP contribution >= 0.6 is 0 Å². The molecule has 16 aromatic rings. The largest absolute Gasteiger partial charge is 0.311 e. The Labute approximate surface area is 443 Å². The standard InChI is InChI=1S/C72H41BN4/c1-4-18-44(19-5-1)72-74-61-37-11-10-28-54(61)69(75-72)45-38-62-68-63(39-45)77(47-26-8-3-9-27-47)71-56-36-17-34-51-49-30-13-21-43-23-15-32-53(65(43)49)58(67(51)56)41-60(71)73(68)59-40-57-52-31-14-22-42-20-12-29-48(64(42)52)50-33-16-35-55(66(50)57)70(59)76(62)46-24-6-2-7-25-46/h1-41H.